The highest BCUT2D eigenvalue weighted by Crippen LogP contribution is 2.51. The Morgan fingerprint density at radius 2 is 0.553 bits per heavy atom. The van der Waals surface area contributed by atoms with Crippen LogP contribution in [0.1, 0.15) is 33.3 Å². The van der Waals surface area contributed by atoms with Gasteiger partial charge in [0.25, 0.3) is 0 Å². The standard InChI is InChI=1S/C74H50.C2H6/c1-3-20-47(4-2)69-57-27-12-16-31-61(57)71(62-32-17-13-28-58(62)69)55-39-41-65-67(45-55)73(53-37-35-48-21-8-10-25-51(48)43-53)66-42-40-56(46-68(66)74(65)54-38-36-49-22-9-11-26-52(49)44-54)72-63-33-18-14-29-59(63)70(50-23-6-5-7-24-50)60-30-15-19-34-64(60)72;1-2/h3-46H,1-2H3;1-2H3/b20-3-,47-4+;. The Morgan fingerprint density at radius 1 is 0.250 bits per heavy atom. The zero-order valence-electron chi connectivity index (χ0n) is 43.4. The first-order valence-electron chi connectivity index (χ1n) is 26.9. The normalized spacial score (nSPS) is 12.0. The van der Waals surface area contributed by atoms with Crippen LogP contribution in [0.4, 0.5) is 0 Å². The van der Waals surface area contributed by atoms with Crippen LogP contribution in [-0.4, -0.2) is 0 Å². The van der Waals surface area contributed by atoms with Crippen molar-refractivity contribution in [1.82, 2.24) is 0 Å². The van der Waals surface area contributed by atoms with Crippen LogP contribution in [0.15, 0.2) is 267 Å². The summed E-state index contributed by atoms with van der Waals surface area (Å²) in [5, 5.41) is 19.8. The van der Waals surface area contributed by atoms with Gasteiger partial charge in [-0.3, -0.25) is 0 Å². The van der Waals surface area contributed by atoms with Crippen molar-refractivity contribution in [2.24, 2.45) is 0 Å². The van der Waals surface area contributed by atoms with Gasteiger partial charge in [-0.15, -0.1) is 0 Å². The zero-order valence-corrected chi connectivity index (χ0v) is 43.4. The van der Waals surface area contributed by atoms with Gasteiger partial charge in [-0.25, -0.2) is 0 Å². The fourth-order valence-electron chi connectivity index (χ4n) is 12.5. The van der Waals surface area contributed by atoms with Crippen molar-refractivity contribution in [3.63, 3.8) is 0 Å². The monoisotopic (exact) mass is 968 g/mol. The molecule has 0 heteroatoms. The Hall–Kier alpha value is -9.36. The molecule has 14 aromatic carbocycles. The first-order chi connectivity index (χ1) is 37.6. The molecule has 14 aromatic rings. The molecule has 0 saturated heterocycles. The minimum atomic E-state index is 1.20. The molecule has 0 atom stereocenters. The smallest absolute Gasteiger partial charge is 0.00259 e. The molecule has 76 heavy (non-hydrogen) atoms. The molecule has 0 aliphatic heterocycles. The van der Waals surface area contributed by atoms with Gasteiger partial charge in [0, 0.05) is 0 Å². The van der Waals surface area contributed by atoms with Crippen molar-refractivity contribution in [3.8, 4) is 55.6 Å². The summed E-state index contributed by atoms with van der Waals surface area (Å²) in [4.78, 5) is 0. The third-order valence-corrected chi connectivity index (χ3v) is 15.6. The lowest BCUT2D eigenvalue weighted by Gasteiger charge is -2.22. The van der Waals surface area contributed by atoms with Gasteiger partial charge in [-0.1, -0.05) is 257 Å². The van der Waals surface area contributed by atoms with E-state index < -0.39 is 0 Å². The van der Waals surface area contributed by atoms with Crippen LogP contribution < -0.4 is 0 Å². The summed E-state index contributed by atoms with van der Waals surface area (Å²) in [6.07, 6.45) is 6.64. The van der Waals surface area contributed by atoms with E-state index >= 15 is 0 Å². The van der Waals surface area contributed by atoms with Gasteiger partial charge in [0.1, 0.15) is 0 Å². The van der Waals surface area contributed by atoms with Crippen LogP contribution in [0.25, 0.3) is 147 Å². The molecule has 0 unspecified atom stereocenters. The Kier molecular flexibility index (Phi) is 11.9. The molecule has 0 heterocycles. The van der Waals surface area contributed by atoms with E-state index in [4.69, 9.17) is 0 Å². The van der Waals surface area contributed by atoms with Crippen molar-refractivity contribution in [3.05, 3.63) is 273 Å². The minimum Gasteiger partial charge on any atom is -0.0871 e. The first kappa shape index (κ1) is 46.4. The third kappa shape index (κ3) is 7.60. The third-order valence-electron chi connectivity index (χ3n) is 15.6. The highest BCUT2D eigenvalue weighted by molar-refractivity contribution is 6.27. The molecule has 0 amide bonds. The van der Waals surface area contributed by atoms with E-state index in [9.17, 15) is 0 Å². The van der Waals surface area contributed by atoms with E-state index in [0.29, 0.717) is 0 Å². The average molecular weight is 969 g/mol. The van der Waals surface area contributed by atoms with Crippen molar-refractivity contribution in [1.29, 1.82) is 0 Å². The van der Waals surface area contributed by atoms with E-state index in [1.807, 2.05) is 13.8 Å². The van der Waals surface area contributed by atoms with Crippen LogP contribution in [-0.2, 0) is 0 Å². The largest absolute Gasteiger partial charge is 0.0871 e. The lowest BCUT2D eigenvalue weighted by Crippen LogP contribution is -1.95. The van der Waals surface area contributed by atoms with Crippen molar-refractivity contribution < 1.29 is 0 Å². The highest BCUT2D eigenvalue weighted by atomic mass is 14.3. The number of benzene rings is 14. The van der Waals surface area contributed by atoms with E-state index in [-0.39, 0.29) is 0 Å². The summed E-state index contributed by atoms with van der Waals surface area (Å²) in [7, 11) is 0. The summed E-state index contributed by atoms with van der Waals surface area (Å²) in [5.74, 6) is 0. The molecule has 360 valence electrons. The second-order valence-electron chi connectivity index (χ2n) is 19.7. The van der Waals surface area contributed by atoms with E-state index in [1.165, 1.54) is 153 Å². The SMILES string of the molecule is C/C=C\C(=C/C)c1c2ccccc2c(-c2ccc3c(-c4ccc5ccccc5c4)c4cc(-c5c6ccccc6c(-c6ccccc6)c6ccccc56)ccc4c(-c4ccc5ccccc5c4)c3c2)c2ccccc12.CC. The molecule has 0 aliphatic carbocycles. The second kappa shape index (κ2) is 19.5. The molecule has 0 radical (unpaired) electrons. The molecular weight excluding hydrogens is 913 g/mol. The lowest BCUT2D eigenvalue weighted by atomic mass is 9.81. The van der Waals surface area contributed by atoms with Crippen LogP contribution >= 0.6 is 0 Å². The molecule has 0 aromatic heterocycles. The predicted octanol–water partition coefficient (Wildman–Crippen LogP) is 22.3. The van der Waals surface area contributed by atoms with Gasteiger partial charge < -0.3 is 0 Å². The van der Waals surface area contributed by atoms with Crippen molar-refractivity contribution >= 4 is 91.8 Å². The fourth-order valence-corrected chi connectivity index (χ4v) is 12.5. The summed E-state index contributed by atoms with van der Waals surface area (Å²) in [6, 6.07) is 93.2. The Bertz CT molecular complexity index is 4550. The maximum atomic E-state index is 2.51. The Labute approximate surface area is 445 Å². The molecular formula is C76H56. The van der Waals surface area contributed by atoms with Crippen LogP contribution in [0.3, 0.4) is 0 Å². The van der Waals surface area contributed by atoms with E-state index in [0.717, 1.165) is 0 Å². The number of hydrogen-bond donors (Lipinski definition) is 0. The minimum absolute atomic E-state index is 1.20. The van der Waals surface area contributed by atoms with E-state index in [2.05, 4.69) is 281 Å². The van der Waals surface area contributed by atoms with E-state index in [1.54, 1.807) is 0 Å². The molecule has 0 saturated carbocycles. The Balaban J connectivity index is 0.00000274. The number of allylic oxidation sites excluding steroid dienone is 4. The Morgan fingerprint density at radius 3 is 0.961 bits per heavy atom. The van der Waals surface area contributed by atoms with Gasteiger partial charge in [0.15, 0.2) is 0 Å². The number of rotatable bonds is 7. The predicted molar refractivity (Wildman–Crippen MR) is 333 cm³/mol. The van der Waals surface area contributed by atoms with Crippen LogP contribution in [0, 0.1) is 0 Å². The summed E-state index contributed by atoms with van der Waals surface area (Å²) >= 11 is 0. The first-order valence-corrected chi connectivity index (χ1v) is 26.9. The molecule has 0 bridgehead atoms. The molecule has 14 rings (SSSR count). The van der Waals surface area contributed by atoms with Crippen molar-refractivity contribution in [2.45, 2.75) is 27.7 Å². The second-order valence-corrected chi connectivity index (χ2v) is 19.7. The maximum absolute atomic E-state index is 2.51. The molecule has 0 aliphatic rings. The van der Waals surface area contributed by atoms with Gasteiger partial charge in [0.05, 0.1) is 0 Å². The molecule has 0 nitrogen and oxygen atoms in total. The average Bonchev–Trinajstić information content (AvgIpc) is 3.63. The van der Waals surface area contributed by atoms with Gasteiger partial charge >= 0.3 is 0 Å². The van der Waals surface area contributed by atoms with Gasteiger partial charge in [-0.05, 0) is 191 Å². The fraction of sp³-hybridized carbons (Fsp3) is 0.0526. The lowest BCUT2D eigenvalue weighted by molar-refractivity contribution is 1.50. The van der Waals surface area contributed by atoms with Gasteiger partial charge in [0.2, 0.25) is 0 Å². The molecule has 0 N–H and O–H groups in total. The van der Waals surface area contributed by atoms with Gasteiger partial charge in [-0.2, -0.15) is 0 Å². The zero-order chi connectivity index (χ0) is 51.3. The summed E-state index contributed by atoms with van der Waals surface area (Å²) in [5.41, 5.74) is 14.8. The molecule has 0 spiro atoms. The topological polar surface area (TPSA) is 0 Å². The summed E-state index contributed by atoms with van der Waals surface area (Å²) < 4.78 is 0. The van der Waals surface area contributed by atoms with Crippen LogP contribution in [0.5, 0.6) is 0 Å². The van der Waals surface area contributed by atoms with Crippen LogP contribution in [0.2, 0.25) is 0 Å². The number of hydrogen-bond acceptors (Lipinski definition) is 0. The quantitative estimate of drug-likeness (QED) is 0.110. The highest BCUT2D eigenvalue weighted by Gasteiger charge is 2.23. The summed E-state index contributed by atoms with van der Waals surface area (Å²) in [6.45, 7) is 8.26. The number of fused-ring (bicyclic) bond motifs is 8. The van der Waals surface area contributed by atoms with Crippen molar-refractivity contribution in [2.75, 3.05) is 0 Å². The molecule has 0 fully saturated rings. The maximum Gasteiger partial charge on any atom is -0.00259 e.